The lowest BCUT2D eigenvalue weighted by Crippen LogP contribution is -2.41. The second-order valence-electron chi connectivity index (χ2n) is 5.14. The molecule has 2 aromatic rings. The molecular weight excluding hydrogens is 290 g/mol. The van der Waals surface area contributed by atoms with Gasteiger partial charge >= 0.3 is 0 Å². The van der Waals surface area contributed by atoms with Crippen LogP contribution in [0.3, 0.4) is 0 Å². The van der Waals surface area contributed by atoms with Crippen molar-refractivity contribution in [2.45, 2.75) is 25.4 Å². The van der Waals surface area contributed by atoms with Crippen LogP contribution < -0.4 is 5.32 Å². The highest BCUT2D eigenvalue weighted by Gasteiger charge is 2.26. The van der Waals surface area contributed by atoms with Crippen molar-refractivity contribution in [3.63, 3.8) is 0 Å². The fourth-order valence-corrected chi connectivity index (χ4v) is 2.55. The molecule has 1 N–H and O–H groups in total. The van der Waals surface area contributed by atoms with Crippen LogP contribution in [0.5, 0.6) is 0 Å². The number of nitrogens with zero attached hydrogens (tertiary/aromatic N) is 3. The van der Waals surface area contributed by atoms with Gasteiger partial charge in [0.05, 0.1) is 5.56 Å². The zero-order valence-corrected chi connectivity index (χ0v) is 11.7. The van der Waals surface area contributed by atoms with Crippen molar-refractivity contribution < 1.29 is 13.6 Å². The number of aromatic nitrogens is 3. The Morgan fingerprint density at radius 1 is 1.36 bits per heavy atom. The second kappa shape index (κ2) is 5.67. The van der Waals surface area contributed by atoms with Crippen LogP contribution in [0.15, 0.2) is 36.7 Å². The molecule has 0 fully saturated rings. The van der Waals surface area contributed by atoms with Crippen LogP contribution in [0.25, 0.3) is 11.4 Å². The molecule has 7 heteroatoms. The monoisotopic (exact) mass is 304 g/mol. The normalized spacial score (nSPS) is 16.9. The smallest absolute Gasteiger partial charge is 0.279 e. The van der Waals surface area contributed by atoms with Crippen LogP contribution in [0.2, 0.25) is 0 Å². The van der Waals surface area contributed by atoms with Gasteiger partial charge < -0.3 is 9.88 Å². The highest BCUT2D eigenvalue weighted by atomic mass is 19.1. The Bertz CT molecular complexity index is 741. The molecule has 0 spiro atoms. The summed E-state index contributed by atoms with van der Waals surface area (Å²) in [6.45, 7) is 3.34. The summed E-state index contributed by atoms with van der Waals surface area (Å²) in [5, 5.41) is 10.7. The number of halogens is 2. The molecular formula is C15H14F2N4O. The lowest BCUT2D eigenvalue weighted by Gasteiger charge is -2.25. The minimum absolute atomic E-state index is 0.269. The molecule has 0 saturated carbocycles. The summed E-state index contributed by atoms with van der Waals surface area (Å²) >= 11 is 0. The van der Waals surface area contributed by atoms with E-state index in [9.17, 15) is 13.6 Å². The van der Waals surface area contributed by atoms with Crippen molar-refractivity contribution >= 4 is 5.91 Å². The van der Waals surface area contributed by atoms with Crippen molar-refractivity contribution in [1.29, 1.82) is 0 Å². The van der Waals surface area contributed by atoms with Crippen LogP contribution in [-0.2, 0) is 17.8 Å². The molecule has 5 nitrogen and oxygen atoms in total. The molecule has 22 heavy (non-hydrogen) atoms. The SMILES string of the molecule is C=C(F)C(=O)NC1CCc2nnc(-c3ccccc3F)n2C1. The predicted molar refractivity (Wildman–Crippen MR) is 75.9 cm³/mol. The van der Waals surface area contributed by atoms with Crippen LogP contribution in [0, 0.1) is 5.82 Å². The van der Waals surface area contributed by atoms with Gasteiger partial charge in [-0.15, -0.1) is 10.2 Å². The number of amides is 1. The molecule has 1 amide bonds. The first-order chi connectivity index (χ1) is 10.6. The average Bonchev–Trinajstić information content (AvgIpc) is 2.90. The third-order valence-corrected chi connectivity index (χ3v) is 3.64. The molecule has 114 valence electrons. The Morgan fingerprint density at radius 3 is 2.86 bits per heavy atom. The predicted octanol–water partition coefficient (Wildman–Crippen LogP) is 2.00. The number of hydrogen-bond donors (Lipinski definition) is 1. The summed E-state index contributed by atoms with van der Waals surface area (Å²) in [6, 6.07) is 6.02. The van der Waals surface area contributed by atoms with Gasteiger partial charge in [0.1, 0.15) is 11.6 Å². The first kappa shape index (κ1) is 14.4. The molecule has 2 heterocycles. The van der Waals surface area contributed by atoms with Crippen LogP contribution in [0.1, 0.15) is 12.2 Å². The number of nitrogens with one attached hydrogen (secondary N) is 1. The van der Waals surface area contributed by atoms with E-state index in [4.69, 9.17) is 0 Å². The van der Waals surface area contributed by atoms with Gasteiger partial charge in [-0.3, -0.25) is 4.79 Å². The van der Waals surface area contributed by atoms with E-state index in [2.05, 4.69) is 22.1 Å². The molecule has 3 rings (SSSR count). The zero-order valence-electron chi connectivity index (χ0n) is 11.7. The lowest BCUT2D eigenvalue weighted by molar-refractivity contribution is -0.119. The van der Waals surface area contributed by atoms with Crippen molar-refractivity contribution in [2.75, 3.05) is 0 Å². The highest BCUT2D eigenvalue weighted by molar-refractivity contribution is 5.90. The minimum atomic E-state index is -1.02. The third-order valence-electron chi connectivity index (χ3n) is 3.64. The fourth-order valence-electron chi connectivity index (χ4n) is 2.55. The molecule has 1 aliphatic heterocycles. The van der Waals surface area contributed by atoms with Gasteiger partial charge in [-0.25, -0.2) is 8.78 Å². The van der Waals surface area contributed by atoms with Gasteiger partial charge in [-0.1, -0.05) is 18.7 Å². The second-order valence-corrected chi connectivity index (χ2v) is 5.14. The zero-order chi connectivity index (χ0) is 15.7. The molecule has 0 bridgehead atoms. The fraction of sp³-hybridized carbons (Fsp3) is 0.267. The Labute approximate surface area is 125 Å². The number of carbonyl (C=O) groups is 1. The van der Waals surface area contributed by atoms with Gasteiger partial charge in [0.25, 0.3) is 5.91 Å². The maximum Gasteiger partial charge on any atom is 0.279 e. The van der Waals surface area contributed by atoms with E-state index in [0.717, 1.165) is 5.82 Å². The minimum Gasteiger partial charge on any atom is -0.346 e. The number of aryl methyl sites for hydroxylation is 1. The summed E-state index contributed by atoms with van der Waals surface area (Å²) in [5.74, 6) is -1.10. The average molecular weight is 304 g/mol. The topological polar surface area (TPSA) is 59.8 Å². The van der Waals surface area contributed by atoms with Crippen molar-refractivity contribution in [3.8, 4) is 11.4 Å². The molecule has 1 aliphatic rings. The molecule has 1 aromatic heterocycles. The summed E-state index contributed by atoms with van der Waals surface area (Å²) < 4.78 is 28.5. The van der Waals surface area contributed by atoms with Crippen molar-refractivity contribution in [2.24, 2.45) is 0 Å². The summed E-state index contributed by atoms with van der Waals surface area (Å²) in [7, 11) is 0. The number of fused-ring (bicyclic) bond motifs is 1. The number of benzene rings is 1. The molecule has 1 atom stereocenters. The summed E-state index contributed by atoms with van der Waals surface area (Å²) in [6.07, 6.45) is 1.19. The highest BCUT2D eigenvalue weighted by Crippen LogP contribution is 2.25. The maximum atomic E-state index is 13.9. The largest absolute Gasteiger partial charge is 0.346 e. The lowest BCUT2D eigenvalue weighted by atomic mass is 10.1. The summed E-state index contributed by atoms with van der Waals surface area (Å²) in [5.41, 5.74) is 0.350. The van der Waals surface area contributed by atoms with E-state index in [1.165, 1.54) is 6.07 Å². The number of rotatable bonds is 3. The first-order valence-corrected chi connectivity index (χ1v) is 6.88. The Morgan fingerprint density at radius 2 is 2.14 bits per heavy atom. The van der Waals surface area contributed by atoms with Gasteiger partial charge in [0.15, 0.2) is 11.7 Å². The van der Waals surface area contributed by atoms with E-state index in [1.807, 2.05) is 0 Å². The Kier molecular flexibility index (Phi) is 3.70. The van der Waals surface area contributed by atoms with E-state index in [1.54, 1.807) is 22.8 Å². The maximum absolute atomic E-state index is 13.9. The first-order valence-electron chi connectivity index (χ1n) is 6.88. The van der Waals surface area contributed by atoms with Gasteiger partial charge in [-0.05, 0) is 18.6 Å². The summed E-state index contributed by atoms with van der Waals surface area (Å²) in [4.78, 5) is 11.4. The Balaban J connectivity index is 1.88. The van der Waals surface area contributed by atoms with E-state index in [-0.39, 0.29) is 11.9 Å². The van der Waals surface area contributed by atoms with Gasteiger partial charge in [0, 0.05) is 19.0 Å². The molecule has 1 aromatic carbocycles. The molecule has 1 unspecified atom stereocenters. The van der Waals surface area contributed by atoms with Crippen LogP contribution in [-0.4, -0.2) is 26.7 Å². The molecule has 0 saturated heterocycles. The van der Waals surface area contributed by atoms with Crippen LogP contribution in [0.4, 0.5) is 8.78 Å². The van der Waals surface area contributed by atoms with Crippen molar-refractivity contribution in [3.05, 3.63) is 48.3 Å². The van der Waals surface area contributed by atoms with Gasteiger partial charge in [-0.2, -0.15) is 0 Å². The quantitative estimate of drug-likeness (QED) is 0.882. The third kappa shape index (κ3) is 2.61. The molecule has 0 aliphatic carbocycles. The standard InChI is InChI=1S/C15H14F2N4O/c1-9(16)15(22)18-10-6-7-13-19-20-14(21(13)8-10)11-4-2-3-5-12(11)17/h2-5,10H,1,6-8H2,(H,18,22). The van der Waals surface area contributed by atoms with Crippen molar-refractivity contribution in [1.82, 2.24) is 20.1 Å². The molecule has 0 radical (unpaired) electrons. The van der Waals surface area contributed by atoms with Gasteiger partial charge in [0.2, 0.25) is 0 Å². The van der Waals surface area contributed by atoms with Crippen LogP contribution >= 0.6 is 0 Å². The van der Waals surface area contributed by atoms with E-state index in [0.29, 0.717) is 30.8 Å². The Hall–Kier alpha value is -2.57. The number of carbonyl (C=O) groups excluding carboxylic acids is 1. The number of hydrogen-bond acceptors (Lipinski definition) is 3. The van der Waals surface area contributed by atoms with E-state index >= 15 is 0 Å². The van der Waals surface area contributed by atoms with E-state index < -0.39 is 11.7 Å².